The highest BCUT2D eigenvalue weighted by Crippen LogP contribution is 2.37. The van der Waals surface area contributed by atoms with Gasteiger partial charge in [0.05, 0.1) is 7.11 Å². The normalized spacial score (nSPS) is 17.6. The molecule has 0 aliphatic carbocycles. The molecule has 0 spiro atoms. The van der Waals surface area contributed by atoms with Gasteiger partial charge in [0, 0.05) is 25.1 Å². The average Bonchev–Trinajstić information content (AvgIpc) is 2.37. The zero-order valence-corrected chi connectivity index (χ0v) is 11.8. The number of rotatable bonds is 6. The third-order valence-electron chi connectivity index (χ3n) is 3.53. The fourth-order valence-corrected chi connectivity index (χ4v) is 2.36. The van der Waals surface area contributed by atoms with Crippen LogP contribution in [0.3, 0.4) is 0 Å². The number of benzene rings is 1. The van der Waals surface area contributed by atoms with Crippen LogP contribution in [0.4, 0.5) is 0 Å². The van der Waals surface area contributed by atoms with Crippen molar-refractivity contribution in [3.05, 3.63) is 23.8 Å². The number of nitrogens with zero attached hydrogens (tertiary/aromatic N) is 1. The smallest absolute Gasteiger partial charge is 0.165 e. The number of ether oxygens (including phenoxy) is 2. The van der Waals surface area contributed by atoms with Gasteiger partial charge in [-0.25, -0.2) is 0 Å². The van der Waals surface area contributed by atoms with Crippen LogP contribution in [0.5, 0.6) is 11.5 Å². The minimum absolute atomic E-state index is 0.139. The molecule has 1 aromatic carbocycles. The highest BCUT2D eigenvalue weighted by atomic mass is 16.5. The Kier molecular flexibility index (Phi) is 4.43. The molecule has 104 valence electrons. The standard InChI is InChI=1S/C15H21NO3/c1-11(7-8-17)13-5-4-6-14(18-3)15(13)19-12-9-16(2)10-12/h4-6,8,11-12H,7,9-10H2,1-3H3. The monoisotopic (exact) mass is 263 g/mol. The van der Waals surface area contributed by atoms with Gasteiger partial charge < -0.3 is 14.3 Å². The van der Waals surface area contributed by atoms with Gasteiger partial charge in [0.25, 0.3) is 0 Å². The van der Waals surface area contributed by atoms with Crippen molar-refractivity contribution in [3.8, 4) is 11.5 Å². The van der Waals surface area contributed by atoms with Crippen LogP contribution in [-0.2, 0) is 4.79 Å². The number of aldehydes is 1. The van der Waals surface area contributed by atoms with E-state index >= 15 is 0 Å². The fraction of sp³-hybridized carbons (Fsp3) is 0.533. The van der Waals surface area contributed by atoms with Crippen LogP contribution in [0.1, 0.15) is 24.8 Å². The van der Waals surface area contributed by atoms with E-state index in [-0.39, 0.29) is 12.0 Å². The lowest BCUT2D eigenvalue weighted by Gasteiger charge is -2.37. The second-order valence-corrected chi connectivity index (χ2v) is 5.14. The summed E-state index contributed by atoms with van der Waals surface area (Å²) in [5.41, 5.74) is 1.04. The molecule has 19 heavy (non-hydrogen) atoms. The molecule has 1 heterocycles. The van der Waals surface area contributed by atoms with Crippen LogP contribution < -0.4 is 9.47 Å². The van der Waals surface area contributed by atoms with Crippen LogP contribution in [0.15, 0.2) is 18.2 Å². The Hall–Kier alpha value is -1.55. The third kappa shape index (κ3) is 3.07. The van der Waals surface area contributed by atoms with Gasteiger partial charge in [-0.1, -0.05) is 19.1 Å². The number of hydrogen-bond acceptors (Lipinski definition) is 4. The number of para-hydroxylation sites is 1. The summed E-state index contributed by atoms with van der Waals surface area (Å²) in [6.45, 7) is 3.89. The predicted octanol–water partition coefficient (Wildman–Crippen LogP) is 2.08. The second-order valence-electron chi connectivity index (χ2n) is 5.14. The molecule has 1 atom stereocenters. The summed E-state index contributed by atoms with van der Waals surface area (Å²) in [6.07, 6.45) is 1.66. The summed E-state index contributed by atoms with van der Waals surface area (Å²) in [5, 5.41) is 0. The zero-order valence-electron chi connectivity index (χ0n) is 11.8. The summed E-state index contributed by atoms with van der Waals surface area (Å²) >= 11 is 0. The second kappa shape index (κ2) is 6.06. The molecule has 0 aromatic heterocycles. The van der Waals surface area contributed by atoms with Crippen molar-refractivity contribution in [1.82, 2.24) is 4.90 Å². The molecular weight excluding hydrogens is 242 g/mol. The maximum absolute atomic E-state index is 10.7. The minimum Gasteiger partial charge on any atom is -0.493 e. The lowest BCUT2D eigenvalue weighted by atomic mass is 9.97. The topological polar surface area (TPSA) is 38.8 Å². The lowest BCUT2D eigenvalue weighted by molar-refractivity contribution is -0.108. The Bertz CT molecular complexity index is 441. The van der Waals surface area contributed by atoms with E-state index in [9.17, 15) is 4.79 Å². The summed E-state index contributed by atoms with van der Waals surface area (Å²) in [4.78, 5) is 12.9. The van der Waals surface area contributed by atoms with E-state index in [0.717, 1.165) is 36.4 Å². The Morgan fingerprint density at radius 1 is 1.47 bits per heavy atom. The third-order valence-corrected chi connectivity index (χ3v) is 3.53. The predicted molar refractivity (Wildman–Crippen MR) is 74.0 cm³/mol. The lowest BCUT2D eigenvalue weighted by Crippen LogP contribution is -2.51. The van der Waals surface area contributed by atoms with Crippen LogP contribution in [0, 0.1) is 0 Å². The number of likely N-dealkylation sites (N-methyl/N-ethyl adjacent to an activating group) is 1. The molecule has 0 N–H and O–H groups in total. The Labute approximate surface area is 114 Å². The van der Waals surface area contributed by atoms with Crippen molar-refractivity contribution in [3.63, 3.8) is 0 Å². The van der Waals surface area contributed by atoms with Crippen LogP contribution in [0.2, 0.25) is 0 Å². The molecule has 1 aromatic rings. The molecular formula is C15H21NO3. The molecule has 1 aliphatic heterocycles. The maximum atomic E-state index is 10.7. The van der Waals surface area contributed by atoms with Crippen LogP contribution >= 0.6 is 0 Å². The van der Waals surface area contributed by atoms with Gasteiger partial charge in [-0.3, -0.25) is 4.90 Å². The molecule has 0 bridgehead atoms. The highest BCUT2D eigenvalue weighted by molar-refractivity contribution is 5.55. The van der Waals surface area contributed by atoms with Gasteiger partial charge in [0.15, 0.2) is 11.5 Å². The highest BCUT2D eigenvalue weighted by Gasteiger charge is 2.27. The molecule has 0 saturated carbocycles. The van der Waals surface area contributed by atoms with E-state index in [1.165, 1.54) is 0 Å². The number of methoxy groups -OCH3 is 1. The van der Waals surface area contributed by atoms with Crippen molar-refractivity contribution in [2.45, 2.75) is 25.4 Å². The molecule has 0 amide bonds. The van der Waals surface area contributed by atoms with Crippen molar-refractivity contribution in [2.24, 2.45) is 0 Å². The van der Waals surface area contributed by atoms with Gasteiger partial charge in [-0.2, -0.15) is 0 Å². The van der Waals surface area contributed by atoms with Gasteiger partial charge in [-0.05, 0) is 19.0 Å². The van der Waals surface area contributed by atoms with E-state index < -0.39 is 0 Å². The van der Waals surface area contributed by atoms with Crippen molar-refractivity contribution in [1.29, 1.82) is 0 Å². The van der Waals surface area contributed by atoms with Crippen molar-refractivity contribution in [2.75, 3.05) is 27.2 Å². The molecule has 4 nitrogen and oxygen atoms in total. The zero-order chi connectivity index (χ0) is 13.8. The number of hydrogen-bond donors (Lipinski definition) is 0. The Morgan fingerprint density at radius 2 is 2.21 bits per heavy atom. The minimum atomic E-state index is 0.139. The van der Waals surface area contributed by atoms with Crippen LogP contribution in [-0.4, -0.2) is 44.5 Å². The molecule has 1 unspecified atom stereocenters. The average molecular weight is 263 g/mol. The number of carbonyl (C=O) groups is 1. The molecule has 1 fully saturated rings. The molecule has 1 aliphatic rings. The summed E-state index contributed by atoms with van der Waals surface area (Å²) < 4.78 is 11.4. The van der Waals surface area contributed by atoms with Gasteiger partial charge in [0.2, 0.25) is 0 Å². The van der Waals surface area contributed by atoms with Gasteiger partial charge >= 0.3 is 0 Å². The summed E-state index contributed by atoms with van der Waals surface area (Å²) in [6, 6.07) is 5.85. The SMILES string of the molecule is COc1cccc(C(C)CC=O)c1OC1CN(C)C1. The fourth-order valence-electron chi connectivity index (χ4n) is 2.36. The quantitative estimate of drug-likeness (QED) is 0.737. The molecule has 4 heteroatoms. The van der Waals surface area contributed by atoms with E-state index in [1.54, 1.807) is 7.11 Å². The van der Waals surface area contributed by atoms with Crippen LogP contribution in [0.25, 0.3) is 0 Å². The number of likely N-dealkylation sites (tertiary alicyclic amines) is 1. The van der Waals surface area contributed by atoms with Gasteiger partial charge in [0.1, 0.15) is 12.4 Å². The maximum Gasteiger partial charge on any atom is 0.165 e. The van der Waals surface area contributed by atoms with Gasteiger partial charge in [-0.15, -0.1) is 0 Å². The molecule has 1 saturated heterocycles. The summed E-state index contributed by atoms with van der Waals surface area (Å²) in [7, 11) is 3.71. The Morgan fingerprint density at radius 3 is 2.79 bits per heavy atom. The van der Waals surface area contributed by atoms with E-state index in [1.807, 2.05) is 25.1 Å². The first-order valence-electron chi connectivity index (χ1n) is 6.61. The van der Waals surface area contributed by atoms with E-state index in [0.29, 0.717) is 6.42 Å². The first kappa shape index (κ1) is 13.9. The largest absolute Gasteiger partial charge is 0.493 e. The number of carbonyl (C=O) groups excluding carboxylic acids is 1. The Balaban J connectivity index is 2.23. The molecule has 0 radical (unpaired) electrons. The van der Waals surface area contributed by atoms with E-state index in [2.05, 4.69) is 11.9 Å². The molecule has 2 rings (SSSR count). The first-order chi connectivity index (χ1) is 9.15. The van der Waals surface area contributed by atoms with E-state index in [4.69, 9.17) is 9.47 Å². The van der Waals surface area contributed by atoms with Crippen molar-refractivity contribution < 1.29 is 14.3 Å². The first-order valence-corrected chi connectivity index (χ1v) is 6.61. The summed E-state index contributed by atoms with van der Waals surface area (Å²) in [5.74, 6) is 1.67. The van der Waals surface area contributed by atoms with Crippen molar-refractivity contribution >= 4 is 6.29 Å².